The molecule has 1 amide bonds. The summed E-state index contributed by atoms with van der Waals surface area (Å²) in [7, 11) is 3.58. The standard InChI is InChI=1S/C20H17FN4O2S/c1-24(15-9-7-14(21)8-10-15)18(26)12-28-20-23-22-19(27-20)17-11-13-5-3-4-6-16(13)25(17)2/h3-11H,12H2,1-2H3. The first kappa shape index (κ1) is 18.2. The molecule has 0 saturated carbocycles. The van der Waals surface area contributed by atoms with Crippen molar-refractivity contribution >= 4 is 34.3 Å². The van der Waals surface area contributed by atoms with Crippen LogP contribution < -0.4 is 4.90 Å². The summed E-state index contributed by atoms with van der Waals surface area (Å²) in [4.78, 5) is 13.8. The third-order valence-corrected chi connectivity index (χ3v) is 5.29. The van der Waals surface area contributed by atoms with E-state index in [1.165, 1.54) is 28.8 Å². The highest BCUT2D eigenvalue weighted by Crippen LogP contribution is 2.28. The molecule has 0 aliphatic rings. The Kier molecular flexibility index (Phi) is 4.87. The molecule has 28 heavy (non-hydrogen) atoms. The number of nitrogens with zero attached hydrogens (tertiary/aromatic N) is 4. The Bertz CT molecular complexity index is 1140. The van der Waals surface area contributed by atoms with Crippen LogP contribution >= 0.6 is 11.8 Å². The number of benzene rings is 2. The van der Waals surface area contributed by atoms with Crippen LogP contribution in [0.25, 0.3) is 22.5 Å². The fourth-order valence-corrected chi connectivity index (χ4v) is 3.57. The number of hydrogen-bond donors (Lipinski definition) is 0. The summed E-state index contributed by atoms with van der Waals surface area (Å²) in [5.74, 6) is 0.0390. The molecule has 0 radical (unpaired) electrons. The molecule has 2 aromatic carbocycles. The number of anilines is 1. The highest BCUT2D eigenvalue weighted by molar-refractivity contribution is 7.99. The number of carbonyl (C=O) groups is 1. The number of fused-ring (bicyclic) bond motifs is 1. The summed E-state index contributed by atoms with van der Waals surface area (Å²) in [6.45, 7) is 0. The van der Waals surface area contributed by atoms with E-state index in [2.05, 4.69) is 10.2 Å². The Labute approximate surface area is 165 Å². The second kappa shape index (κ2) is 7.47. The smallest absolute Gasteiger partial charge is 0.277 e. The van der Waals surface area contributed by atoms with Crippen molar-refractivity contribution in [3.8, 4) is 11.6 Å². The molecule has 0 unspecified atom stereocenters. The zero-order chi connectivity index (χ0) is 19.7. The van der Waals surface area contributed by atoms with Crippen molar-refractivity contribution in [3.05, 3.63) is 60.4 Å². The van der Waals surface area contributed by atoms with Crippen molar-refractivity contribution in [3.63, 3.8) is 0 Å². The van der Waals surface area contributed by atoms with Crippen LogP contribution in [0.3, 0.4) is 0 Å². The molecule has 0 saturated heterocycles. The minimum atomic E-state index is -0.342. The van der Waals surface area contributed by atoms with E-state index in [1.54, 1.807) is 19.2 Å². The van der Waals surface area contributed by atoms with Crippen molar-refractivity contribution in [2.45, 2.75) is 5.22 Å². The third-order valence-electron chi connectivity index (χ3n) is 4.48. The fraction of sp³-hybridized carbons (Fsp3) is 0.150. The number of aromatic nitrogens is 3. The minimum Gasteiger partial charge on any atom is -0.410 e. The lowest BCUT2D eigenvalue weighted by Crippen LogP contribution is -2.27. The second-order valence-electron chi connectivity index (χ2n) is 6.24. The van der Waals surface area contributed by atoms with E-state index >= 15 is 0 Å². The molecule has 4 rings (SSSR count). The average molecular weight is 396 g/mol. The molecule has 0 aliphatic carbocycles. The van der Waals surface area contributed by atoms with Gasteiger partial charge >= 0.3 is 0 Å². The summed E-state index contributed by atoms with van der Waals surface area (Å²) in [6.07, 6.45) is 0. The molecule has 2 heterocycles. The van der Waals surface area contributed by atoms with Crippen molar-refractivity contribution in [1.29, 1.82) is 0 Å². The zero-order valence-corrected chi connectivity index (χ0v) is 16.1. The number of carbonyl (C=O) groups excluding carboxylic acids is 1. The first-order valence-corrected chi connectivity index (χ1v) is 9.55. The van der Waals surface area contributed by atoms with Crippen molar-refractivity contribution in [2.24, 2.45) is 7.05 Å². The van der Waals surface area contributed by atoms with Crippen LogP contribution in [0.2, 0.25) is 0 Å². The summed E-state index contributed by atoms with van der Waals surface area (Å²) in [6, 6.07) is 15.7. The third kappa shape index (κ3) is 3.50. The summed E-state index contributed by atoms with van der Waals surface area (Å²) in [5, 5.41) is 9.55. The topological polar surface area (TPSA) is 64.2 Å². The maximum absolute atomic E-state index is 13.0. The molecule has 0 aliphatic heterocycles. The first-order chi connectivity index (χ1) is 13.5. The van der Waals surface area contributed by atoms with Crippen LogP contribution in [-0.2, 0) is 11.8 Å². The molecule has 142 valence electrons. The van der Waals surface area contributed by atoms with Crippen molar-refractivity contribution in [1.82, 2.24) is 14.8 Å². The van der Waals surface area contributed by atoms with E-state index in [1.807, 2.05) is 41.9 Å². The highest BCUT2D eigenvalue weighted by atomic mass is 32.2. The second-order valence-corrected chi connectivity index (χ2v) is 7.16. The Hall–Kier alpha value is -3.13. The van der Waals surface area contributed by atoms with Gasteiger partial charge in [-0.2, -0.15) is 0 Å². The highest BCUT2D eigenvalue weighted by Gasteiger charge is 2.17. The molecule has 6 nitrogen and oxygen atoms in total. The van der Waals surface area contributed by atoms with Crippen LogP contribution in [0, 0.1) is 5.82 Å². The fourth-order valence-electron chi connectivity index (χ4n) is 2.89. The monoisotopic (exact) mass is 396 g/mol. The minimum absolute atomic E-state index is 0.130. The molecule has 0 atom stereocenters. The zero-order valence-electron chi connectivity index (χ0n) is 15.3. The normalized spacial score (nSPS) is 11.1. The van der Waals surface area contributed by atoms with Crippen LogP contribution in [0.15, 0.2) is 64.2 Å². The van der Waals surface area contributed by atoms with Gasteiger partial charge in [0.25, 0.3) is 11.1 Å². The van der Waals surface area contributed by atoms with Gasteiger partial charge < -0.3 is 13.9 Å². The quantitative estimate of drug-likeness (QED) is 0.475. The summed E-state index contributed by atoms with van der Waals surface area (Å²) < 4.78 is 20.7. The number of thioether (sulfide) groups is 1. The lowest BCUT2D eigenvalue weighted by molar-refractivity contribution is -0.115. The number of halogens is 1. The average Bonchev–Trinajstić information content (AvgIpc) is 3.31. The van der Waals surface area contributed by atoms with Gasteiger partial charge in [-0.15, -0.1) is 10.2 Å². The molecular weight excluding hydrogens is 379 g/mol. The van der Waals surface area contributed by atoms with Crippen LogP contribution in [0.4, 0.5) is 10.1 Å². The van der Waals surface area contributed by atoms with E-state index in [0.29, 0.717) is 16.8 Å². The molecule has 8 heteroatoms. The van der Waals surface area contributed by atoms with E-state index in [0.717, 1.165) is 16.6 Å². The summed E-state index contributed by atoms with van der Waals surface area (Å²) in [5.41, 5.74) is 2.50. The van der Waals surface area contributed by atoms with Crippen molar-refractivity contribution < 1.29 is 13.6 Å². The number of para-hydroxylation sites is 1. The van der Waals surface area contributed by atoms with E-state index in [-0.39, 0.29) is 17.5 Å². The number of amides is 1. The SMILES string of the molecule is CN(C(=O)CSc1nnc(-c2cc3ccccc3n2C)o1)c1ccc(F)cc1. The molecule has 0 bridgehead atoms. The van der Waals surface area contributed by atoms with Gasteiger partial charge in [-0.25, -0.2) is 4.39 Å². The van der Waals surface area contributed by atoms with Crippen LogP contribution in [0.5, 0.6) is 0 Å². The van der Waals surface area contributed by atoms with Gasteiger partial charge in [0.1, 0.15) is 11.5 Å². The largest absolute Gasteiger partial charge is 0.410 e. The van der Waals surface area contributed by atoms with Gasteiger partial charge in [0.15, 0.2) is 0 Å². The van der Waals surface area contributed by atoms with Gasteiger partial charge in [0.2, 0.25) is 5.91 Å². The van der Waals surface area contributed by atoms with E-state index < -0.39 is 0 Å². The van der Waals surface area contributed by atoms with E-state index in [4.69, 9.17) is 4.42 Å². The van der Waals surface area contributed by atoms with Gasteiger partial charge in [0.05, 0.1) is 5.75 Å². The predicted molar refractivity (Wildman–Crippen MR) is 107 cm³/mol. The van der Waals surface area contributed by atoms with Gasteiger partial charge in [-0.3, -0.25) is 4.79 Å². The number of hydrogen-bond acceptors (Lipinski definition) is 5. The molecular formula is C20H17FN4O2S. The molecule has 2 aromatic heterocycles. The maximum atomic E-state index is 13.0. The Morgan fingerprint density at radius 2 is 1.93 bits per heavy atom. The number of aryl methyl sites for hydroxylation is 1. The van der Waals surface area contributed by atoms with Gasteiger partial charge in [-0.05, 0) is 36.4 Å². The predicted octanol–water partition coefficient (Wildman–Crippen LogP) is 4.12. The van der Waals surface area contributed by atoms with Crippen LogP contribution in [-0.4, -0.2) is 33.5 Å². The molecule has 0 fully saturated rings. The van der Waals surface area contributed by atoms with E-state index in [9.17, 15) is 9.18 Å². The number of rotatable bonds is 5. The van der Waals surface area contributed by atoms with Gasteiger partial charge in [-0.1, -0.05) is 30.0 Å². The Morgan fingerprint density at radius 1 is 1.18 bits per heavy atom. The van der Waals surface area contributed by atoms with Crippen molar-refractivity contribution in [2.75, 3.05) is 17.7 Å². The summed E-state index contributed by atoms with van der Waals surface area (Å²) >= 11 is 1.17. The maximum Gasteiger partial charge on any atom is 0.277 e. The lowest BCUT2D eigenvalue weighted by Gasteiger charge is -2.16. The Balaban J connectivity index is 1.45. The van der Waals surface area contributed by atoms with Gasteiger partial charge in [0, 0.05) is 30.7 Å². The molecule has 0 spiro atoms. The Morgan fingerprint density at radius 3 is 2.68 bits per heavy atom. The first-order valence-electron chi connectivity index (χ1n) is 8.56. The molecule has 0 N–H and O–H groups in total. The lowest BCUT2D eigenvalue weighted by atomic mass is 10.2. The van der Waals surface area contributed by atoms with Crippen LogP contribution in [0.1, 0.15) is 0 Å². The molecule has 4 aromatic rings.